The summed E-state index contributed by atoms with van der Waals surface area (Å²) >= 11 is 1.05. The molecule has 0 radical (unpaired) electrons. The average Bonchev–Trinajstić information content (AvgIpc) is 2.83. The summed E-state index contributed by atoms with van der Waals surface area (Å²) in [5.74, 6) is 0.297. The number of para-hydroxylation sites is 2. The van der Waals surface area contributed by atoms with Crippen LogP contribution >= 0.6 is 11.8 Å². The number of carbonyl (C=O) groups is 1. The normalized spacial score (nSPS) is 12.5. The van der Waals surface area contributed by atoms with E-state index in [4.69, 9.17) is 9.47 Å². The van der Waals surface area contributed by atoms with Crippen LogP contribution in [0.15, 0.2) is 76.7 Å². The van der Waals surface area contributed by atoms with Crippen molar-refractivity contribution in [1.29, 1.82) is 0 Å². The molecule has 5 rings (SSSR count). The molecule has 1 N–H and O–H groups in total. The van der Waals surface area contributed by atoms with Crippen molar-refractivity contribution in [1.82, 2.24) is 9.55 Å². The third kappa shape index (κ3) is 4.27. The lowest BCUT2D eigenvalue weighted by atomic mass is 10.2. The summed E-state index contributed by atoms with van der Waals surface area (Å²) in [4.78, 5) is 30.3. The van der Waals surface area contributed by atoms with Gasteiger partial charge >= 0.3 is 0 Å². The minimum atomic E-state index is -0.556. The largest absolute Gasteiger partial charge is 0.486 e. The quantitative estimate of drug-likeness (QED) is 0.356. The van der Waals surface area contributed by atoms with E-state index in [2.05, 4.69) is 10.3 Å². The van der Waals surface area contributed by atoms with Crippen LogP contribution in [0, 0.1) is 5.82 Å². The maximum absolute atomic E-state index is 14.6. The number of ether oxygens (including phenoxy) is 2. The molecule has 166 valence electrons. The number of benzene rings is 3. The maximum Gasteiger partial charge on any atom is 0.266 e. The van der Waals surface area contributed by atoms with Crippen LogP contribution in [-0.4, -0.2) is 34.4 Å². The molecule has 0 aliphatic carbocycles. The second-order valence-corrected chi connectivity index (χ2v) is 8.14. The van der Waals surface area contributed by atoms with Crippen LogP contribution < -0.4 is 20.3 Å². The standard InChI is InChI=1S/C24H18FN3O4S/c25-17-6-2-4-8-19(17)28-23(30)16-5-1-3-7-18(16)27-24(28)33-14-22(29)26-15-9-10-20-21(13-15)32-12-11-31-20/h1-10,13H,11-12,14H2,(H,26,29). The summed E-state index contributed by atoms with van der Waals surface area (Å²) in [5.41, 5.74) is 0.712. The van der Waals surface area contributed by atoms with Gasteiger partial charge in [0.05, 0.1) is 22.3 Å². The summed E-state index contributed by atoms with van der Waals surface area (Å²) in [5, 5.41) is 3.39. The van der Waals surface area contributed by atoms with E-state index < -0.39 is 11.4 Å². The van der Waals surface area contributed by atoms with Crippen LogP contribution in [-0.2, 0) is 4.79 Å². The molecular weight excluding hydrogens is 445 g/mol. The van der Waals surface area contributed by atoms with Gasteiger partial charge in [0.2, 0.25) is 5.91 Å². The number of fused-ring (bicyclic) bond motifs is 2. The second kappa shape index (κ2) is 8.95. The van der Waals surface area contributed by atoms with Crippen molar-refractivity contribution in [3.8, 4) is 17.2 Å². The average molecular weight is 463 g/mol. The van der Waals surface area contributed by atoms with Gasteiger partial charge in [-0.2, -0.15) is 0 Å². The summed E-state index contributed by atoms with van der Waals surface area (Å²) in [6.45, 7) is 0.930. The van der Waals surface area contributed by atoms with Crippen LogP contribution in [0.25, 0.3) is 16.6 Å². The highest BCUT2D eigenvalue weighted by molar-refractivity contribution is 7.99. The molecule has 0 fully saturated rings. The number of aromatic nitrogens is 2. The topological polar surface area (TPSA) is 82.5 Å². The first-order chi connectivity index (χ1) is 16.1. The highest BCUT2D eigenvalue weighted by atomic mass is 32.2. The molecular formula is C24H18FN3O4S. The van der Waals surface area contributed by atoms with Crippen molar-refractivity contribution in [2.75, 3.05) is 24.3 Å². The fourth-order valence-electron chi connectivity index (χ4n) is 3.50. The first-order valence-electron chi connectivity index (χ1n) is 10.2. The molecule has 0 spiro atoms. The zero-order chi connectivity index (χ0) is 22.8. The van der Waals surface area contributed by atoms with Crippen molar-refractivity contribution >= 4 is 34.3 Å². The molecule has 0 bridgehead atoms. The smallest absolute Gasteiger partial charge is 0.266 e. The van der Waals surface area contributed by atoms with Crippen molar-refractivity contribution < 1.29 is 18.7 Å². The van der Waals surface area contributed by atoms with Gasteiger partial charge < -0.3 is 14.8 Å². The number of nitrogens with zero attached hydrogens (tertiary/aromatic N) is 2. The predicted octanol–water partition coefficient (Wildman–Crippen LogP) is 4.03. The number of anilines is 1. The fourth-order valence-corrected chi connectivity index (χ4v) is 4.31. The zero-order valence-corrected chi connectivity index (χ0v) is 18.1. The first-order valence-corrected chi connectivity index (χ1v) is 11.2. The molecule has 1 aromatic heterocycles. The molecule has 0 saturated heterocycles. The van der Waals surface area contributed by atoms with Gasteiger partial charge in [0.15, 0.2) is 16.7 Å². The Bertz CT molecular complexity index is 1420. The number of nitrogens with one attached hydrogen (secondary N) is 1. The van der Waals surface area contributed by atoms with Crippen molar-refractivity contribution in [2.45, 2.75) is 5.16 Å². The van der Waals surface area contributed by atoms with Crippen LogP contribution in [0.4, 0.5) is 10.1 Å². The van der Waals surface area contributed by atoms with Crippen LogP contribution in [0.2, 0.25) is 0 Å². The van der Waals surface area contributed by atoms with E-state index in [0.29, 0.717) is 41.3 Å². The molecule has 4 aromatic rings. The Balaban J connectivity index is 1.43. The van der Waals surface area contributed by atoms with Crippen LogP contribution in [0.3, 0.4) is 0 Å². The third-order valence-electron chi connectivity index (χ3n) is 5.00. The monoisotopic (exact) mass is 463 g/mol. The molecule has 0 saturated carbocycles. The lowest BCUT2D eigenvalue weighted by Crippen LogP contribution is -2.23. The lowest BCUT2D eigenvalue weighted by Gasteiger charge is -2.19. The number of amides is 1. The number of hydrogen-bond donors (Lipinski definition) is 1. The Morgan fingerprint density at radius 2 is 1.79 bits per heavy atom. The van der Waals surface area contributed by atoms with Crippen LogP contribution in [0.5, 0.6) is 11.5 Å². The first kappa shape index (κ1) is 21.0. The second-order valence-electron chi connectivity index (χ2n) is 7.20. The lowest BCUT2D eigenvalue weighted by molar-refractivity contribution is -0.113. The van der Waals surface area contributed by atoms with Crippen molar-refractivity contribution in [3.63, 3.8) is 0 Å². The highest BCUT2D eigenvalue weighted by Gasteiger charge is 2.18. The number of hydrogen-bond acceptors (Lipinski definition) is 6. The number of rotatable bonds is 5. The number of thioether (sulfide) groups is 1. The molecule has 9 heteroatoms. The third-order valence-corrected chi connectivity index (χ3v) is 5.94. The van der Waals surface area contributed by atoms with Gasteiger partial charge in [-0.15, -0.1) is 0 Å². The van der Waals surface area contributed by atoms with E-state index >= 15 is 0 Å². The van der Waals surface area contributed by atoms with Gasteiger partial charge in [-0.25, -0.2) is 9.37 Å². The van der Waals surface area contributed by atoms with E-state index in [1.165, 1.54) is 16.7 Å². The molecule has 7 nitrogen and oxygen atoms in total. The summed E-state index contributed by atoms with van der Waals surface area (Å²) in [6.07, 6.45) is 0. The Labute approximate surface area is 192 Å². The predicted molar refractivity (Wildman–Crippen MR) is 124 cm³/mol. The van der Waals surface area contributed by atoms with Crippen LogP contribution in [0.1, 0.15) is 0 Å². The summed E-state index contributed by atoms with van der Waals surface area (Å²) < 4.78 is 26.8. The Morgan fingerprint density at radius 1 is 1.03 bits per heavy atom. The number of halogens is 1. The van der Waals surface area contributed by atoms with E-state index in [9.17, 15) is 14.0 Å². The minimum absolute atomic E-state index is 0.0341. The Hall–Kier alpha value is -3.85. The molecule has 0 unspecified atom stereocenters. The molecule has 1 amide bonds. The van der Waals surface area contributed by atoms with Gasteiger partial charge in [0.1, 0.15) is 19.0 Å². The number of carbonyl (C=O) groups excluding carboxylic acids is 1. The maximum atomic E-state index is 14.6. The summed E-state index contributed by atoms with van der Waals surface area (Å²) in [7, 11) is 0. The SMILES string of the molecule is O=C(CSc1nc2ccccc2c(=O)n1-c1ccccc1F)Nc1ccc2c(c1)OCCO2. The minimum Gasteiger partial charge on any atom is -0.486 e. The molecule has 2 heterocycles. The van der Waals surface area contributed by atoms with E-state index in [1.54, 1.807) is 54.6 Å². The zero-order valence-electron chi connectivity index (χ0n) is 17.3. The van der Waals surface area contributed by atoms with Gasteiger partial charge in [0, 0.05) is 11.8 Å². The fraction of sp³-hybridized carbons (Fsp3) is 0.125. The molecule has 3 aromatic carbocycles. The van der Waals surface area contributed by atoms with Gasteiger partial charge in [-0.3, -0.25) is 14.2 Å². The van der Waals surface area contributed by atoms with Gasteiger partial charge in [-0.1, -0.05) is 36.0 Å². The van der Waals surface area contributed by atoms with E-state index in [-0.39, 0.29) is 22.5 Å². The van der Waals surface area contributed by atoms with Gasteiger partial charge in [-0.05, 0) is 36.4 Å². The van der Waals surface area contributed by atoms with Crippen molar-refractivity contribution in [3.05, 3.63) is 82.9 Å². The van der Waals surface area contributed by atoms with E-state index in [0.717, 1.165) is 11.8 Å². The molecule has 1 aliphatic rings. The van der Waals surface area contributed by atoms with Crippen molar-refractivity contribution in [2.24, 2.45) is 0 Å². The van der Waals surface area contributed by atoms with E-state index in [1.807, 2.05) is 0 Å². The molecule has 0 atom stereocenters. The Morgan fingerprint density at radius 3 is 2.64 bits per heavy atom. The highest BCUT2D eigenvalue weighted by Crippen LogP contribution is 2.32. The summed E-state index contributed by atoms with van der Waals surface area (Å²) in [6, 6.07) is 18.0. The van der Waals surface area contributed by atoms with Gasteiger partial charge in [0.25, 0.3) is 5.56 Å². The molecule has 1 aliphatic heterocycles. The Kier molecular flexibility index (Phi) is 5.70. The molecule has 33 heavy (non-hydrogen) atoms.